The Labute approximate surface area is 157 Å². The third-order valence-electron chi connectivity index (χ3n) is 3.64. The van der Waals surface area contributed by atoms with Crippen molar-refractivity contribution in [2.75, 3.05) is 19.4 Å². The van der Waals surface area contributed by atoms with Crippen LogP contribution < -0.4 is 5.32 Å². The summed E-state index contributed by atoms with van der Waals surface area (Å²) >= 11 is 0. The predicted molar refractivity (Wildman–Crippen MR) is 98.6 cm³/mol. The SMILES string of the molecule is CN(C)C(=O)C(OC(=O)c1ccc(NC(=O)CC#N)cc1)c1ccccc1. The van der Waals surface area contributed by atoms with Crippen LogP contribution in [-0.2, 0) is 14.3 Å². The number of carbonyl (C=O) groups is 3. The largest absolute Gasteiger partial charge is 0.444 e. The fourth-order valence-corrected chi connectivity index (χ4v) is 2.27. The third kappa shape index (κ3) is 5.41. The van der Waals surface area contributed by atoms with E-state index in [4.69, 9.17) is 10.00 Å². The Hall–Kier alpha value is -3.66. The second kappa shape index (κ2) is 9.15. The van der Waals surface area contributed by atoms with Gasteiger partial charge in [0.15, 0.2) is 0 Å². The average Bonchev–Trinajstić information content (AvgIpc) is 2.66. The molecular formula is C20H19N3O4. The molecule has 1 atom stereocenters. The van der Waals surface area contributed by atoms with Crippen LogP contribution in [0.1, 0.15) is 28.4 Å². The van der Waals surface area contributed by atoms with Crippen LogP contribution in [-0.4, -0.2) is 36.8 Å². The van der Waals surface area contributed by atoms with E-state index in [1.165, 1.54) is 29.2 Å². The van der Waals surface area contributed by atoms with E-state index in [2.05, 4.69) is 5.32 Å². The van der Waals surface area contributed by atoms with Gasteiger partial charge >= 0.3 is 5.97 Å². The molecule has 0 aliphatic heterocycles. The van der Waals surface area contributed by atoms with Crippen molar-refractivity contribution in [3.05, 3.63) is 65.7 Å². The smallest absolute Gasteiger partial charge is 0.339 e. The molecule has 0 bridgehead atoms. The number of nitriles is 1. The number of amides is 2. The van der Waals surface area contributed by atoms with Crippen LogP contribution in [0.25, 0.3) is 0 Å². The molecule has 1 N–H and O–H groups in total. The molecule has 7 heteroatoms. The van der Waals surface area contributed by atoms with Crippen LogP contribution in [0.2, 0.25) is 0 Å². The molecule has 0 aliphatic rings. The van der Waals surface area contributed by atoms with Gasteiger partial charge in [-0.25, -0.2) is 4.79 Å². The van der Waals surface area contributed by atoms with Crippen LogP contribution in [0.4, 0.5) is 5.69 Å². The highest BCUT2D eigenvalue weighted by molar-refractivity contribution is 5.95. The summed E-state index contributed by atoms with van der Waals surface area (Å²) in [5.41, 5.74) is 1.27. The lowest BCUT2D eigenvalue weighted by atomic mass is 10.1. The number of hydrogen-bond acceptors (Lipinski definition) is 5. The van der Waals surface area contributed by atoms with Gasteiger partial charge in [0, 0.05) is 25.3 Å². The Kier molecular flexibility index (Phi) is 6.67. The molecule has 2 aromatic carbocycles. The molecule has 1 unspecified atom stereocenters. The molecule has 138 valence electrons. The van der Waals surface area contributed by atoms with E-state index in [1.807, 2.05) is 6.07 Å². The fourth-order valence-electron chi connectivity index (χ4n) is 2.27. The molecule has 7 nitrogen and oxygen atoms in total. The summed E-state index contributed by atoms with van der Waals surface area (Å²) in [5, 5.41) is 11.0. The highest BCUT2D eigenvalue weighted by Gasteiger charge is 2.26. The fraction of sp³-hybridized carbons (Fsp3) is 0.200. The third-order valence-corrected chi connectivity index (χ3v) is 3.64. The van der Waals surface area contributed by atoms with Gasteiger partial charge in [-0.15, -0.1) is 0 Å². The number of benzene rings is 2. The molecule has 0 aliphatic carbocycles. The summed E-state index contributed by atoms with van der Waals surface area (Å²) in [7, 11) is 3.18. The van der Waals surface area contributed by atoms with Crippen LogP contribution in [0.15, 0.2) is 54.6 Å². The number of rotatable bonds is 6. The minimum atomic E-state index is -1.05. The Morgan fingerprint density at radius 3 is 2.26 bits per heavy atom. The van der Waals surface area contributed by atoms with E-state index < -0.39 is 18.0 Å². The van der Waals surface area contributed by atoms with Crippen molar-refractivity contribution in [1.82, 2.24) is 4.90 Å². The zero-order valence-corrected chi connectivity index (χ0v) is 15.0. The molecule has 0 radical (unpaired) electrons. The van der Waals surface area contributed by atoms with Gasteiger partial charge in [0.25, 0.3) is 5.91 Å². The molecule has 27 heavy (non-hydrogen) atoms. The first-order valence-corrected chi connectivity index (χ1v) is 8.16. The lowest BCUT2D eigenvalue weighted by Crippen LogP contribution is -2.31. The zero-order chi connectivity index (χ0) is 19.8. The lowest BCUT2D eigenvalue weighted by Gasteiger charge is -2.21. The average molecular weight is 365 g/mol. The summed E-state index contributed by atoms with van der Waals surface area (Å²) < 4.78 is 5.44. The normalized spacial score (nSPS) is 11.0. The molecule has 0 saturated heterocycles. The van der Waals surface area contributed by atoms with E-state index >= 15 is 0 Å². The number of hydrogen-bond donors (Lipinski definition) is 1. The number of nitrogens with one attached hydrogen (secondary N) is 1. The van der Waals surface area contributed by atoms with Crippen LogP contribution >= 0.6 is 0 Å². The minimum Gasteiger partial charge on any atom is -0.444 e. The highest BCUT2D eigenvalue weighted by atomic mass is 16.5. The van der Waals surface area contributed by atoms with E-state index in [-0.39, 0.29) is 17.9 Å². The van der Waals surface area contributed by atoms with Crippen molar-refractivity contribution in [3.63, 3.8) is 0 Å². The zero-order valence-electron chi connectivity index (χ0n) is 15.0. The molecule has 0 aromatic heterocycles. The Morgan fingerprint density at radius 1 is 1.07 bits per heavy atom. The van der Waals surface area contributed by atoms with Crippen LogP contribution in [0, 0.1) is 11.3 Å². The van der Waals surface area contributed by atoms with Crippen molar-refractivity contribution in [1.29, 1.82) is 5.26 Å². The number of anilines is 1. The number of carbonyl (C=O) groups excluding carboxylic acids is 3. The molecular weight excluding hydrogens is 346 g/mol. The van der Waals surface area contributed by atoms with Crippen molar-refractivity contribution in [2.45, 2.75) is 12.5 Å². The van der Waals surface area contributed by atoms with Gasteiger partial charge in [-0.1, -0.05) is 30.3 Å². The van der Waals surface area contributed by atoms with Crippen LogP contribution in [0.5, 0.6) is 0 Å². The summed E-state index contributed by atoms with van der Waals surface area (Å²) in [6, 6.07) is 16.5. The van der Waals surface area contributed by atoms with E-state index in [1.54, 1.807) is 44.4 Å². The number of likely N-dealkylation sites (N-methyl/N-ethyl adjacent to an activating group) is 1. The lowest BCUT2D eigenvalue weighted by molar-refractivity contribution is -0.138. The van der Waals surface area contributed by atoms with Gasteiger partial charge in [-0.2, -0.15) is 5.26 Å². The van der Waals surface area contributed by atoms with Gasteiger partial charge in [0.1, 0.15) is 6.42 Å². The standard InChI is InChI=1S/C20H19N3O4/c1-23(2)19(25)18(14-6-4-3-5-7-14)27-20(26)15-8-10-16(11-9-15)22-17(24)12-13-21/h3-11,18H,12H2,1-2H3,(H,22,24). The number of ether oxygens (including phenoxy) is 1. The second-order valence-electron chi connectivity index (χ2n) is 5.89. The van der Waals surface area contributed by atoms with Gasteiger partial charge in [0.05, 0.1) is 11.6 Å². The quantitative estimate of drug-likeness (QED) is 0.793. The molecule has 0 saturated carbocycles. The first-order valence-electron chi connectivity index (χ1n) is 8.16. The molecule has 2 rings (SSSR count). The van der Waals surface area contributed by atoms with E-state index in [9.17, 15) is 14.4 Å². The van der Waals surface area contributed by atoms with Gasteiger partial charge in [0.2, 0.25) is 12.0 Å². The minimum absolute atomic E-state index is 0.237. The summed E-state index contributed by atoms with van der Waals surface area (Å²) in [6.45, 7) is 0. The molecule has 0 heterocycles. The van der Waals surface area contributed by atoms with Crippen molar-refractivity contribution in [3.8, 4) is 6.07 Å². The molecule has 2 amide bonds. The predicted octanol–water partition coefficient (Wildman–Crippen LogP) is 2.53. The molecule has 0 spiro atoms. The summed E-state index contributed by atoms with van der Waals surface area (Å²) in [6.07, 6.45) is -1.31. The van der Waals surface area contributed by atoms with Crippen molar-refractivity contribution in [2.24, 2.45) is 0 Å². The topological polar surface area (TPSA) is 99.5 Å². The molecule has 2 aromatic rings. The highest BCUT2D eigenvalue weighted by Crippen LogP contribution is 2.22. The monoisotopic (exact) mass is 365 g/mol. The summed E-state index contributed by atoms with van der Waals surface area (Å²) in [5.74, 6) is -1.45. The molecule has 0 fully saturated rings. The van der Waals surface area contributed by atoms with Crippen molar-refractivity contribution >= 4 is 23.5 Å². The van der Waals surface area contributed by atoms with E-state index in [0.717, 1.165) is 0 Å². The van der Waals surface area contributed by atoms with Gasteiger partial charge < -0.3 is 15.0 Å². The number of nitrogens with zero attached hydrogens (tertiary/aromatic N) is 2. The van der Waals surface area contributed by atoms with Gasteiger partial charge in [-0.3, -0.25) is 9.59 Å². The maximum absolute atomic E-state index is 12.5. The second-order valence-corrected chi connectivity index (χ2v) is 5.89. The Bertz CT molecular complexity index is 855. The number of esters is 1. The Balaban J connectivity index is 2.14. The maximum atomic E-state index is 12.5. The summed E-state index contributed by atoms with van der Waals surface area (Å²) in [4.78, 5) is 37.7. The maximum Gasteiger partial charge on any atom is 0.339 e. The first kappa shape index (κ1) is 19.7. The first-order chi connectivity index (χ1) is 12.9. The van der Waals surface area contributed by atoms with Crippen LogP contribution in [0.3, 0.4) is 0 Å². The Morgan fingerprint density at radius 2 is 1.70 bits per heavy atom. The van der Waals surface area contributed by atoms with Crippen molar-refractivity contribution < 1.29 is 19.1 Å². The van der Waals surface area contributed by atoms with Gasteiger partial charge in [-0.05, 0) is 24.3 Å². The van der Waals surface area contributed by atoms with E-state index in [0.29, 0.717) is 11.3 Å².